The maximum Gasteiger partial charge on any atom is 0.410 e. The minimum Gasteiger partial charge on any atom is -0.443 e. The van der Waals surface area contributed by atoms with E-state index in [2.05, 4.69) is 21.2 Å². The number of rotatable bonds is 2. The highest BCUT2D eigenvalue weighted by Crippen LogP contribution is 2.26. The van der Waals surface area contributed by atoms with Crippen molar-refractivity contribution in [3.63, 3.8) is 0 Å². The monoisotopic (exact) mass is 310 g/mol. The van der Waals surface area contributed by atoms with Gasteiger partial charge < -0.3 is 10.1 Å². The molecule has 3 rings (SSSR count). The topological polar surface area (TPSA) is 41.6 Å². The Morgan fingerprint density at radius 1 is 1.50 bits per heavy atom. The fraction of sp³-hybridized carbons (Fsp3) is 0.462. The molecule has 1 aromatic carbocycles. The van der Waals surface area contributed by atoms with Gasteiger partial charge in [0.15, 0.2) is 0 Å². The van der Waals surface area contributed by atoms with Gasteiger partial charge in [0, 0.05) is 17.6 Å². The number of hydrogen-bond acceptors (Lipinski definition) is 3. The van der Waals surface area contributed by atoms with Gasteiger partial charge in [-0.3, -0.25) is 4.90 Å². The first kappa shape index (κ1) is 12.0. The van der Waals surface area contributed by atoms with Crippen LogP contribution < -0.4 is 5.32 Å². The summed E-state index contributed by atoms with van der Waals surface area (Å²) < 4.78 is 6.43. The summed E-state index contributed by atoms with van der Waals surface area (Å²) in [7, 11) is 0. The highest BCUT2D eigenvalue weighted by Gasteiger charge is 2.42. The van der Waals surface area contributed by atoms with Gasteiger partial charge >= 0.3 is 6.09 Å². The maximum atomic E-state index is 11.9. The highest BCUT2D eigenvalue weighted by atomic mass is 79.9. The second-order valence-corrected chi connectivity index (χ2v) is 5.66. The number of carbonyl (C=O) groups is 1. The smallest absolute Gasteiger partial charge is 0.410 e. The lowest BCUT2D eigenvalue weighted by atomic mass is 10.0. The van der Waals surface area contributed by atoms with Gasteiger partial charge in [-0.25, -0.2) is 4.79 Å². The molecule has 1 N–H and O–H groups in total. The van der Waals surface area contributed by atoms with Crippen LogP contribution in [0.1, 0.15) is 12.0 Å². The molecule has 0 saturated carbocycles. The first-order valence-corrected chi connectivity index (χ1v) is 6.96. The van der Waals surface area contributed by atoms with Gasteiger partial charge in [-0.05, 0) is 30.7 Å². The zero-order chi connectivity index (χ0) is 12.5. The van der Waals surface area contributed by atoms with Crippen molar-refractivity contribution in [3.8, 4) is 0 Å². The van der Waals surface area contributed by atoms with Crippen LogP contribution in [0.4, 0.5) is 4.79 Å². The number of nitrogens with zero attached hydrogens (tertiary/aromatic N) is 1. The van der Waals surface area contributed by atoms with E-state index < -0.39 is 0 Å². The summed E-state index contributed by atoms with van der Waals surface area (Å²) in [4.78, 5) is 13.7. The summed E-state index contributed by atoms with van der Waals surface area (Å²) in [5.74, 6) is 0. The molecule has 2 aliphatic heterocycles. The summed E-state index contributed by atoms with van der Waals surface area (Å²) in [5, 5.41) is 3.26. The average molecular weight is 311 g/mol. The number of benzene rings is 1. The number of halogens is 1. The molecule has 2 heterocycles. The van der Waals surface area contributed by atoms with Crippen molar-refractivity contribution in [1.82, 2.24) is 10.2 Å². The Labute approximate surface area is 114 Å². The fourth-order valence-electron chi connectivity index (χ4n) is 2.64. The second kappa shape index (κ2) is 4.90. The largest absolute Gasteiger partial charge is 0.443 e. The molecule has 2 atom stereocenters. The van der Waals surface area contributed by atoms with Crippen molar-refractivity contribution in [1.29, 1.82) is 0 Å². The number of amides is 1. The minimum atomic E-state index is -0.186. The predicted octanol–water partition coefficient (Wildman–Crippen LogP) is 2.13. The quantitative estimate of drug-likeness (QED) is 0.910. The van der Waals surface area contributed by atoms with E-state index in [1.165, 1.54) is 0 Å². The van der Waals surface area contributed by atoms with E-state index in [9.17, 15) is 4.79 Å². The first-order chi connectivity index (χ1) is 8.74. The van der Waals surface area contributed by atoms with E-state index in [4.69, 9.17) is 4.74 Å². The highest BCUT2D eigenvalue weighted by molar-refractivity contribution is 9.10. The average Bonchev–Trinajstić information content (AvgIpc) is 2.66. The van der Waals surface area contributed by atoms with E-state index in [-0.39, 0.29) is 18.2 Å². The molecule has 1 amide bonds. The van der Waals surface area contributed by atoms with Crippen molar-refractivity contribution in [2.24, 2.45) is 0 Å². The van der Waals surface area contributed by atoms with Gasteiger partial charge in [0.2, 0.25) is 0 Å². The van der Waals surface area contributed by atoms with Crippen LogP contribution in [0, 0.1) is 0 Å². The van der Waals surface area contributed by atoms with Crippen LogP contribution in [0.25, 0.3) is 0 Å². The Balaban J connectivity index is 1.77. The molecule has 2 fully saturated rings. The summed E-state index contributed by atoms with van der Waals surface area (Å²) >= 11 is 3.45. The molecule has 0 aliphatic carbocycles. The van der Waals surface area contributed by atoms with E-state index in [0.717, 1.165) is 29.5 Å². The van der Waals surface area contributed by atoms with E-state index >= 15 is 0 Å². The summed E-state index contributed by atoms with van der Waals surface area (Å²) in [6.07, 6.45) is 0.789. The third-order valence-electron chi connectivity index (χ3n) is 3.52. The molecule has 0 aromatic heterocycles. The molecule has 2 unspecified atom stereocenters. The molecule has 0 spiro atoms. The Morgan fingerprint density at radius 3 is 3.22 bits per heavy atom. The third kappa shape index (κ3) is 2.24. The van der Waals surface area contributed by atoms with Gasteiger partial charge in [-0.1, -0.05) is 28.1 Å². The lowest BCUT2D eigenvalue weighted by Crippen LogP contribution is -2.47. The minimum absolute atomic E-state index is 0.0124. The van der Waals surface area contributed by atoms with E-state index in [1.807, 2.05) is 29.2 Å². The normalized spacial score (nSPS) is 26.9. The summed E-state index contributed by atoms with van der Waals surface area (Å²) in [5.41, 5.74) is 1.13. The number of fused-ring (bicyclic) bond motifs is 1. The Bertz CT molecular complexity index is 466. The van der Waals surface area contributed by atoms with Gasteiger partial charge in [0.1, 0.15) is 6.10 Å². The van der Waals surface area contributed by atoms with Crippen molar-refractivity contribution in [3.05, 3.63) is 34.3 Å². The molecule has 0 radical (unpaired) electrons. The molecule has 2 aliphatic rings. The van der Waals surface area contributed by atoms with Gasteiger partial charge in [0.05, 0.1) is 6.04 Å². The summed E-state index contributed by atoms with van der Waals surface area (Å²) in [6.45, 7) is 2.34. The lowest BCUT2D eigenvalue weighted by Gasteiger charge is -2.28. The zero-order valence-electron chi connectivity index (χ0n) is 9.93. The number of carbonyl (C=O) groups excluding carboxylic acids is 1. The van der Waals surface area contributed by atoms with E-state index in [1.54, 1.807) is 0 Å². The molecule has 4 nitrogen and oxygen atoms in total. The second-order valence-electron chi connectivity index (χ2n) is 4.74. The SMILES string of the molecule is O=C1OC2CNCCC2N1Cc1cccc(Br)c1. The molecular formula is C13H15BrN2O2. The van der Waals surface area contributed by atoms with Crippen LogP contribution in [0.15, 0.2) is 28.7 Å². The Kier molecular flexibility index (Phi) is 3.26. The van der Waals surface area contributed by atoms with Crippen LogP contribution in [0.3, 0.4) is 0 Å². The molecule has 5 heteroatoms. The van der Waals surface area contributed by atoms with Crippen LogP contribution >= 0.6 is 15.9 Å². The standard InChI is InChI=1S/C13H15BrN2O2/c14-10-3-1-2-9(6-10)8-16-11-4-5-15-7-12(11)18-13(16)17/h1-3,6,11-12,15H,4-5,7-8H2. The van der Waals surface area contributed by atoms with Crippen molar-refractivity contribution in [2.45, 2.75) is 25.1 Å². The Morgan fingerprint density at radius 2 is 2.39 bits per heavy atom. The number of nitrogens with one attached hydrogen (secondary N) is 1. The van der Waals surface area contributed by atoms with Crippen LogP contribution in [-0.4, -0.2) is 36.2 Å². The van der Waals surface area contributed by atoms with Crippen LogP contribution in [-0.2, 0) is 11.3 Å². The molecule has 96 valence electrons. The molecular weight excluding hydrogens is 296 g/mol. The van der Waals surface area contributed by atoms with E-state index in [0.29, 0.717) is 6.54 Å². The van der Waals surface area contributed by atoms with Crippen molar-refractivity contribution >= 4 is 22.0 Å². The van der Waals surface area contributed by atoms with Gasteiger partial charge in [-0.2, -0.15) is 0 Å². The fourth-order valence-corrected chi connectivity index (χ4v) is 3.09. The van der Waals surface area contributed by atoms with Crippen LogP contribution in [0.5, 0.6) is 0 Å². The third-order valence-corrected chi connectivity index (χ3v) is 4.01. The summed E-state index contributed by atoms with van der Waals surface area (Å²) in [6, 6.07) is 8.27. The predicted molar refractivity (Wildman–Crippen MR) is 71.2 cm³/mol. The number of ether oxygens (including phenoxy) is 1. The first-order valence-electron chi connectivity index (χ1n) is 6.16. The maximum absolute atomic E-state index is 11.9. The van der Waals surface area contributed by atoms with Crippen LogP contribution in [0.2, 0.25) is 0 Å². The molecule has 18 heavy (non-hydrogen) atoms. The van der Waals surface area contributed by atoms with Gasteiger partial charge in [0.25, 0.3) is 0 Å². The molecule has 0 bridgehead atoms. The number of hydrogen-bond donors (Lipinski definition) is 1. The Hall–Kier alpha value is -1.07. The van der Waals surface area contributed by atoms with Crippen molar-refractivity contribution in [2.75, 3.05) is 13.1 Å². The lowest BCUT2D eigenvalue weighted by molar-refractivity contribution is 0.121. The molecule has 1 aromatic rings. The zero-order valence-corrected chi connectivity index (χ0v) is 11.5. The number of piperidine rings is 1. The van der Waals surface area contributed by atoms with Gasteiger partial charge in [-0.15, -0.1) is 0 Å². The molecule has 2 saturated heterocycles. The van der Waals surface area contributed by atoms with Crippen molar-refractivity contribution < 1.29 is 9.53 Å².